The summed E-state index contributed by atoms with van der Waals surface area (Å²) in [5, 5.41) is 4.35. The van der Waals surface area contributed by atoms with Gasteiger partial charge in [-0.2, -0.15) is 5.10 Å². The summed E-state index contributed by atoms with van der Waals surface area (Å²) in [6.45, 7) is 2.59. The molecule has 1 fully saturated rings. The third kappa shape index (κ3) is 3.70. The second-order valence-electron chi connectivity index (χ2n) is 7.70. The van der Waals surface area contributed by atoms with E-state index in [9.17, 15) is 0 Å². The molecule has 0 spiro atoms. The summed E-state index contributed by atoms with van der Waals surface area (Å²) in [6.07, 6.45) is 3.44. The summed E-state index contributed by atoms with van der Waals surface area (Å²) in [4.78, 5) is 8.86. The number of fused-ring (bicyclic) bond motifs is 1. The maximum absolute atomic E-state index is 15.2. The van der Waals surface area contributed by atoms with Crippen LogP contribution in [0.25, 0.3) is 16.8 Å². The zero-order valence-corrected chi connectivity index (χ0v) is 17.0. The number of nitrogens with zero attached hydrogens (tertiary/aromatic N) is 4. The Morgan fingerprint density at radius 3 is 2.71 bits per heavy atom. The molecule has 0 bridgehead atoms. The Kier molecular flexibility index (Phi) is 4.99. The average Bonchev–Trinajstić information content (AvgIpc) is 3.16. The van der Waals surface area contributed by atoms with E-state index in [0.29, 0.717) is 40.7 Å². The van der Waals surface area contributed by atoms with Crippen LogP contribution in [0, 0.1) is 5.82 Å². The summed E-state index contributed by atoms with van der Waals surface area (Å²) >= 11 is 0. The fourth-order valence-electron chi connectivity index (χ4n) is 3.89. The minimum Gasteiger partial charge on any atom is -0.457 e. The molecule has 8 heteroatoms. The SMILES string of the molecule is CC1CCC(c2nc(-c3ccc(Oc4ccccc4)cc3F)c3c(N)ncnn23)CO1. The van der Waals surface area contributed by atoms with Gasteiger partial charge < -0.3 is 15.2 Å². The monoisotopic (exact) mass is 419 g/mol. The van der Waals surface area contributed by atoms with Crippen LogP contribution in [-0.4, -0.2) is 32.3 Å². The number of hydrogen-bond acceptors (Lipinski definition) is 6. The van der Waals surface area contributed by atoms with Crippen molar-refractivity contribution in [2.45, 2.75) is 31.8 Å². The molecule has 2 atom stereocenters. The van der Waals surface area contributed by atoms with Gasteiger partial charge >= 0.3 is 0 Å². The molecule has 0 aliphatic carbocycles. The number of imidazole rings is 1. The quantitative estimate of drug-likeness (QED) is 0.521. The Hall–Kier alpha value is -3.52. The van der Waals surface area contributed by atoms with Crippen molar-refractivity contribution in [3.8, 4) is 22.8 Å². The number of para-hydroxylation sites is 1. The highest BCUT2D eigenvalue weighted by atomic mass is 19.1. The Labute approximate surface area is 178 Å². The molecule has 1 aliphatic rings. The number of hydrogen-bond donors (Lipinski definition) is 1. The van der Waals surface area contributed by atoms with Crippen LogP contribution < -0.4 is 10.5 Å². The third-order valence-corrected chi connectivity index (χ3v) is 5.53. The van der Waals surface area contributed by atoms with Crippen molar-refractivity contribution >= 4 is 11.3 Å². The van der Waals surface area contributed by atoms with Gasteiger partial charge in [0.25, 0.3) is 0 Å². The molecule has 7 nitrogen and oxygen atoms in total. The standard InChI is InChI=1S/C23H22FN5O2/c1-14-7-8-15(12-30-14)23-28-20(21-22(25)26-13-27-29(21)23)18-10-9-17(11-19(18)24)31-16-5-3-2-4-6-16/h2-6,9-11,13-15H,7-8,12H2,1H3,(H2,25,26,27). The van der Waals surface area contributed by atoms with Gasteiger partial charge in [0.05, 0.1) is 12.7 Å². The van der Waals surface area contributed by atoms with Crippen LogP contribution in [0.3, 0.4) is 0 Å². The van der Waals surface area contributed by atoms with Crippen LogP contribution in [0.4, 0.5) is 10.2 Å². The molecule has 3 heterocycles. The van der Waals surface area contributed by atoms with Crippen molar-refractivity contribution in [3.63, 3.8) is 0 Å². The number of halogens is 1. The lowest BCUT2D eigenvalue weighted by atomic mass is 9.98. The highest BCUT2D eigenvalue weighted by Gasteiger charge is 2.28. The number of ether oxygens (including phenoxy) is 2. The number of benzene rings is 2. The fourth-order valence-corrected chi connectivity index (χ4v) is 3.89. The Morgan fingerprint density at radius 1 is 1.13 bits per heavy atom. The molecular weight excluding hydrogens is 397 g/mol. The zero-order valence-electron chi connectivity index (χ0n) is 17.0. The molecular formula is C23H22FN5O2. The molecule has 31 heavy (non-hydrogen) atoms. The molecule has 4 aromatic rings. The van der Waals surface area contributed by atoms with E-state index < -0.39 is 5.82 Å². The van der Waals surface area contributed by atoms with Crippen molar-refractivity contribution < 1.29 is 13.9 Å². The molecule has 0 radical (unpaired) electrons. The zero-order chi connectivity index (χ0) is 21.4. The lowest BCUT2D eigenvalue weighted by Gasteiger charge is -2.25. The summed E-state index contributed by atoms with van der Waals surface area (Å²) in [5.74, 6) is 1.57. The number of rotatable bonds is 4. The maximum Gasteiger partial charge on any atom is 0.153 e. The van der Waals surface area contributed by atoms with Gasteiger partial charge in [0, 0.05) is 17.5 Å². The predicted octanol–water partition coefficient (Wildman–Crippen LogP) is 4.59. The highest BCUT2D eigenvalue weighted by Crippen LogP contribution is 2.36. The molecule has 1 saturated heterocycles. The van der Waals surface area contributed by atoms with E-state index in [0.717, 1.165) is 12.8 Å². The number of nitrogen functional groups attached to an aromatic ring is 1. The van der Waals surface area contributed by atoms with Gasteiger partial charge in [-0.25, -0.2) is 18.9 Å². The van der Waals surface area contributed by atoms with E-state index in [1.54, 1.807) is 16.6 Å². The van der Waals surface area contributed by atoms with E-state index >= 15 is 4.39 Å². The van der Waals surface area contributed by atoms with Crippen molar-refractivity contribution in [2.24, 2.45) is 0 Å². The first-order valence-corrected chi connectivity index (χ1v) is 10.2. The number of anilines is 1. The van der Waals surface area contributed by atoms with Gasteiger partial charge in [-0.15, -0.1) is 0 Å². The predicted molar refractivity (Wildman–Crippen MR) is 114 cm³/mol. The van der Waals surface area contributed by atoms with Crippen LogP contribution in [0.2, 0.25) is 0 Å². The first kappa shape index (κ1) is 19.4. The molecule has 2 N–H and O–H groups in total. The maximum atomic E-state index is 15.2. The van der Waals surface area contributed by atoms with Gasteiger partial charge in [-0.3, -0.25) is 0 Å². The van der Waals surface area contributed by atoms with E-state index in [2.05, 4.69) is 17.0 Å². The largest absolute Gasteiger partial charge is 0.457 e. The van der Waals surface area contributed by atoms with Crippen molar-refractivity contribution in [2.75, 3.05) is 12.3 Å². The van der Waals surface area contributed by atoms with Crippen LogP contribution in [-0.2, 0) is 4.74 Å². The smallest absolute Gasteiger partial charge is 0.153 e. The second kappa shape index (κ2) is 7.96. The molecule has 2 unspecified atom stereocenters. The molecule has 2 aromatic heterocycles. The Morgan fingerprint density at radius 2 is 1.97 bits per heavy atom. The van der Waals surface area contributed by atoms with Gasteiger partial charge in [-0.1, -0.05) is 18.2 Å². The minimum absolute atomic E-state index is 0.0514. The first-order chi connectivity index (χ1) is 15.1. The molecule has 5 rings (SSSR count). The third-order valence-electron chi connectivity index (χ3n) is 5.53. The van der Waals surface area contributed by atoms with Crippen molar-refractivity contribution in [1.29, 1.82) is 0 Å². The summed E-state index contributed by atoms with van der Waals surface area (Å²) in [5.41, 5.74) is 7.37. The second-order valence-corrected chi connectivity index (χ2v) is 7.70. The molecule has 2 aromatic carbocycles. The van der Waals surface area contributed by atoms with E-state index in [-0.39, 0.29) is 17.8 Å². The number of nitrogens with two attached hydrogens (primary N) is 1. The van der Waals surface area contributed by atoms with Crippen LogP contribution in [0.1, 0.15) is 31.5 Å². The summed E-state index contributed by atoms with van der Waals surface area (Å²) in [7, 11) is 0. The van der Waals surface area contributed by atoms with E-state index in [1.165, 1.54) is 12.4 Å². The van der Waals surface area contributed by atoms with Crippen molar-refractivity contribution in [1.82, 2.24) is 19.6 Å². The lowest BCUT2D eigenvalue weighted by Crippen LogP contribution is -2.24. The minimum atomic E-state index is -0.461. The highest BCUT2D eigenvalue weighted by molar-refractivity contribution is 5.85. The molecule has 158 valence electrons. The van der Waals surface area contributed by atoms with Gasteiger partial charge in [0.2, 0.25) is 0 Å². The van der Waals surface area contributed by atoms with E-state index in [1.807, 2.05) is 30.3 Å². The van der Waals surface area contributed by atoms with Gasteiger partial charge in [0.1, 0.15) is 40.7 Å². The van der Waals surface area contributed by atoms with Crippen LogP contribution >= 0.6 is 0 Å². The molecule has 0 saturated carbocycles. The topological polar surface area (TPSA) is 87.6 Å². The summed E-state index contributed by atoms with van der Waals surface area (Å²) in [6, 6.07) is 13.9. The van der Waals surface area contributed by atoms with Crippen LogP contribution in [0.15, 0.2) is 54.9 Å². The lowest BCUT2D eigenvalue weighted by molar-refractivity contribution is 0.0134. The van der Waals surface area contributed by atoms with Gasteiger partial charge in [0.15, 0.2) is 5.82 Å². The Bertz CT molecular complexity index is 1220. The molecule has 0 amide bonds. The summed E-state index contributed by atoms with van der Waals surface area (Å²) < 4.78 is 28.4. The van der Waals surface area contributed by atoms with Crippen LogP contribution in [0.5, 0.6) is 11.5 Å². The van der Waals surface area contributed by atoms with E-state index in [4.69, 9.17) is 20.2 Å². The molecule has 1 aliphatic heterocycles. The Balaban J connectivity index is 1.55. The van der Waals surface area contributed by atoms with Gasteiger partial charge in [-0.05, 0) is 44.0 Å². The number of aromatic nitrogens is 4. The fraction of sp³-hybridized carbons (Fsp3) is 0.261. The first-order valence-electron chi connectivity index (χ1n) is 10.2. The normalized spacial score (nSPS) is 18.9. The van der Waals surface area contributed by atoms with Crippen molar-refractivity contribution in [3.05, 3.63) is 66.5 Å². The average molecular weight is 419 g/mol.